The van der Waals surface area contributed by atoms with E-state index in [1.54, 1.807) is 7.11 Å². The number of aryl methyl sites for hydroxylation is 1. The molecule has 5 nitrogen and oxygen atoms in total. The Morgan fingerprint density at radius 1 is 1.03 bits per heavy atom. The third kappa shape index (κ3) is 3.40. The molecule has 0 atom stereocenters. The lowest BCUT2D eigenvalue weighted by molar-refractivity contribution is -0.118. The second kappa shape index (κ2) is 7.65. The molecule has 1 heterocycles. The van der Waals surface area contributed by atoms with E-state index in [2.05, 4.69) is 18.3 Å². The van der Waals surface area contributed by atoms with Gasteiger partial charge in [0, 0.05) is 12.7 Å². The molecule has 1 aliphatic carbocycles. The lowest BCUT2D eigenvalue weighted by Gasteiger charge is -2.18. The van der Waals surface area contributed by atoms with Crippen molar-refractivity contribution in [2.24, 2.45) is 0 Å². The Kier molecular flexibility index (Phi) is 4.81. The normalized spacial score (nSPS) is 15.4. The van der Waals surface area contributed by atoms with Crippen LogP contribution < -0.4 is 19.5 Å². The van der Waals surface area contributed by atoms with Gasteiger partial charge in [0.1, 0.15) is 5.75 Å². The third-order valence-electron chi connectivity index (χ3n) is 6.26. The van der Waals surface area contributed by atoms with Crippen LogP contribution in [-0.4, -0.2) is 19.8 Å². The van der Waals surface area contributed by atoms with Crippen molar-refractivity contribution in [3.8, 4) is 28.4 Å². The quantitative estimate of drug-likeness (QED) is 0.570. The van der Waals surface area contributed by atoms with E-state index in [0.29, 0.717) is 5.75 Å². The summed E-state index contributed by atoms with van der Waals surface area (Å²) in [6, 6.07) is 19.9. The van der Waals surface area contributed by atoms with Crippen molar-refractivity contribution >= 4 is 11.6 Å². The highest BCUT2D eigenvalue weighted by Crippen LogP contribution is 2.51. The molecule has 0 unspecified atom stereocenters. The first-order valence-electron chi connectivity index (χ1n) is 10.6. The molecule has 2 aliphatic rings. The van der Waals surface area contributed by atoms with E-state index in [1.165, 1.54) is 5.56 Å². The van der Waals surface area contributed by atoms with Crippen LogP contribution in [0.1, 0.15) is 32.3 Å². The maximum Gasteiger partial charge on any atom is 0.235 e. The van der Waals surface area contributed by atoms with Crippen LogP contribution in [0.25, 0.3) is 11.1 Å². The van der Waals surface area contributed by atoms with Crippen LogP contribution in [0.5, 0.6) is 17.2 Å². The molecule has 1 fully saturated rings. The van der Waals surface area contributed by atoms with E-state index in [-0.39, 0.29) is 14.1 Å². The lowest BCUT2D eigenvalue weighted by atomic mass is 9.93. The molecule has 1 amide bonds. The molecule has 3 aromatic carbocycles. The predicted octanol–water partition coefficient (Wildman–Crippen LogP) is 5.57. The fourth-order valence-electron chi connectivity index (χ4n) is 4.30. The number of para-hydroxylation sites is 1. The smallest absolute Gasteiger partial charge is 0.235 e. The minimum Gasteiger partial charge on any atom is -0.496 e. The summed E-state index contributed by atoms with van der Waals surface area (Å²) in [6.07, 6.45) is 2.54. The summed E-state index contributed by atoms with van der Waals surface area (Å²) in [4.78, 5) is 13.3. The van der Waals surface area contributed by atoms with Crippen molar-refractivity contribution in [1.29, 1.82) is 0 Å². The number of ether oxygens (including phenoxy) is 3. The highest BCUT2D eigenvalue weighted by atomic mass is 16.7. The summed E-state index contributed by atoms with van der Waals surface area (Å²) in [7, 11) is 1.68. The summed E-state index contributed by atoms with van der Waals surface area (Å²) >= 11 is 0. The van der Waals surface area contributed by atoms with Gasteiger partial charge in [-0.05, 0) is 66.3 Å². The molecular weight excluding hydrogens is 390 g/mol. The van der Waals surface area contributed by atoms with E-state index in [4.69, 9.17) is 14.2 Å². The zero-order chi connectivity index (χ0) is 21.4. The number of methoxy groups -OCH3 is 1. The number of hydrogen-bond donors (Lipinski definition) is 1. The first kappa shape index (κ1) is 19.5. The van der Waals surface area contributed by atoms with Crippen molar-refractivity contribution in [3.05, 3.63) is 71.8 Å². The van der Waals surface area contributed by atoms with Crippen molar-refractivity contribution in [2.45, 2.75) is 31.6 Å². The Labute approximate surface area is 183 Å². The Morgan fingerprint density at radius 3 is 2.61 bits per heavy atom. The van der Waals surface area contributed by atoms with Crippen molar-refractivity contribution in [3.63, 3.8) is 0 Å². The first-order valence-corrected chi connectivity index (χ1v) is 10.6. The highest BCUT2D eigenvalue weighted by Gasteiger charge is 2.51. The van der Waals surface area contributed by atoms with Gasteiger partial charge in [-0.15, -0.1) is 0 Å². The van der Waals surface area contributed by atoms with Gasteiger partial charge in [-0.25, -0.2) is 0 Å². The second-order valence-corrected chi connectivity index (χ2v) is 8.03. The Bertz CT molecular complexity index is 1160. The molecule has 0 saturated heterocycles. The van der Waals surface area contributed by atoms with Gasteiger partial charge in [0.15, 0.2) is 11.5 Å². The van der Waals surface area contributed by atoms with Crippen LogP contribution in [0.15, 0.2) is 60.7 Å². The van der Waals surface area contributed by atoms with Gasteiger partial charge in [0.2, 0.25) is 12.7 Å². The van der Waals surface area contributed by atoms with Crippen LogP contribution >= 0.6 is 0 Å². The number of amides is 1. The Balaban J connectivity index is 0.00000245. The second-order valence-electron chi connectivity index (χ2n) is 8.03. The molecule has 0 radical (unpaired) electrons. The number of carbonyl (C=O) groups excluding carboxylic acids is 1. The Morgan fingerprint density at radius 2 is 1.84 bits per heavy atom. The third-order valence-corrected chi connectivity index (χ3v) is 6.26. The molecule has 5 heteroatoms. The number of rotatable bonds is 6. The molecule has 0 aromatic heterocycles. The standard InChI is InChI=1S/C26H25NO4.H2/c1-3-17-8-10-19(15-21(17)20-6-4-5-7-22(20)29-2)27-25(28)26(12-13-26)18-9-11-23-24(14-18)31-16-30-23;/h4-11,14-15H,3,12-13,16H2,1-2H3,(H,27,28);1H. The summed E-state index contributed by atoms with van der Waals surface area (Å²) in [5.41, 5.74) is 4.56. The first-order chi connectivity index (χ1) is 15.1. The van der Waals surface area contributed by atoms with Crippen LogP contribution in [0.4, 0.5) is 5.69 Å². The monoisotopic (exact) mass is 417 g/mol. The molecule has 1 aliphatic heterocycles. The van der Waals surface area contributed by atoms with Crippen LogP contribution in [0, 0.1) is 0 Å². The number of carbonyl (C=O) groups is 1. The zero-order valence-electron chi connectivity index (χ0n) is 17.7. The van der Waals surface area contributed by atoms with Crippen molar-refractivity contribution in [1.82, 2.24) is 0 Å². The van der Waals surface area contributed by atoms with E-state index in [0.717, 1.165) is 53.1 Å². The van der Waals surface area contributed by atoms with Gasteiger partial charge < -0.3 is 19.5 Å². The maximum absolute atomic E-state index is 13.3. The van der Waals surface area contributed by atoms with Crippen molar-refractivity contribution in [2.75, 3.05) is 19.2 Å². The summed E-state index contributed by atoms with van der Waals surface area (Å²) < 4.78 is 16.5. The number of anilines is 1. The zero-order valence-corrected chi connectivity index (χ0v) is 17.7. The van der Waals surface area contributed by atoms with Gasteiger partial charge in [-0.1, -0.05) is 37.3 Å². The molecular formula is C26H27NO4. The fraction of sp³-hybridized carbons (Fsp3) is 0.269. The van der Waals surface area contributed by atoms with Crippen molar-refractivity contribution < 1.29 is 20.4 Å². The molecule has 3 aromatic rings. The average molecular weight is 418 g/mol. The predicted molar refractivity (Wildman–Crippen MR) is 122 cm³/mol. The lowest BCUT2D eigenvalue weighted by Crippen LogP contribution is -2.27. The highest BCUT2D eigenvalue weighted by molar-refractivity contribution is 6.02. The van der Waals surface area contributed by atoms with Crippen LogP contribution in [0.2, 0.25) is 0 Å². The van der Waals surface area contributed by atoms with Crippen LogP contribution in [-0.2, 0) is 16.6 Å². The van der Waals surface area contributed by atoms with E-state index >= 15 is 0 Å². The topological polar surface area (TPSA) is 56.8 Å². The number of benzene rings is 3. The molecule has 31 heavy (non-hydrogen) atoms. The van der Waals surface area contributed by atoms with Gasteiger partial charge in [-0.2, -0.15) is 0 Å². The van der Waals surface area contributed by atoms with E-state index in [1.807, 2.05) is 54.6 Å². The number of hydrogen-bond acceptors (Lipinski definition) is 4. The molecule has 5 rings (SSSR count). The van der Waals surface area contributed by atoms with Gasteiger partial charge in [0.05, 0.1) is 12.5 Å². The number of nitrogens with one attached hydrogen (secondary N) is 1. The van der Waals surface area contributed by atoms with E-state index < -0.39 is 5.41 Å². The molecule has 0 spiro atoms. The Hall–Kier alpha value is -3.47. The maximum atomic E-state index is 13.3. The molecule has 0 bridgehead atoms. The van der Waals surface area contributed by atoms with Gasteiger partial charge >= 0.3 is 0 Å². The van der Waals surface area contributed by atoms with Gasteiger partial charge in [-0.3, -0.25) is 4.79 Å². The molecule has 160 valence electrons. The molecule has 1 N–H and O–H groups in total. The van der Waals surface area contributed by atoms with Gasteiger partial charge in [0.25, 0.3) is 0 Å². The van der Waals surface area contributed by atoms with Crippen LogP contribution in [0.3, 0.4) is 0 Å². The largest absolute Gasteiger partial charge is 0.496 e. The minimum atomic E-state index is -0.505. The molecule has 1 saturated carbocycles. The minimum absolute atomic E-state index is 0. The summed E-state index contributed by atoms with van der Waals surface area (Å²) in [5.74, 6) is 2.28. The summed E-state index contributed by atoms with van der Waals surface area (Å²) in [6.45, 7) is 2.36. The number of fused-ring (bicyclic) bond motifs is 1. The average Bonchev–Trinajstić information content (AvgIpc) is 3.50. The fourth-order valence-corrected chi connectivity index (χ4v) is 4.30. The van der Waals surface area contributed by atoms with E-state index in [9.17, 15) is 4.79 Å². The SMILES string of the molecule is CCc1ccc(NC(=O)C2(c3ccc4c(c3)OCO4)CC2)cc1-c1ccccc1OC.[HH]. The summed E-state index contributed by atoms with van der Waals surface area (Å²) in [5, 5.41) is 3.16.